The van der Waals surface area contributed by atoms with E-state index in [0.717, 1.165) is 31.5 Å². The Labute approximate surface area is 815 Å². The molecule has 48 nitrogen and oxygen atoms in total. The minimum atomic E-state index is -2.04. The molecule has 49 heteroatoms. The van der Waals surface area contributed by atoms with Gasteiger partial charge in [-0.1, -0.05) is 88.1 Å². The van der Waals surface area contributed by atoms with Gasteiger partial charge in [0.25, 0.3) is 0 Å². The van der Waals surface area contributed by atoms with E-state index in [1.165, 1.54) is 57.8 Å². The number of H-pyrrole nitrogens is 3. The Balaban J connectivity index is 1.13. The van der Waals surface area contributed by atoms with Crippen molar-refractivity contribution < 1.29 is 107 Å². The Hall–Kier alpha value is -14.9. The lowest BCUT2D eigenvalue weighted by Gasteiger charge is -2.36. The van der Waals surface area contributed by atoms with Crippen LogP contribution < -0.4 is 81.0 Å². The third-order valence-electron chi connectivity index (χ3n) is 24.8. The van der Waals surface area contributed by atoms with Crippen molar-refractivity contribution in [2.75, 3.05) is 65.4 Å². The highest BCUT2D eigenvalue weighted by molar-refractivity contribution is 8.00. The number of aromatic nitrogens is 4. The van der Waals surface area contributed by atoms with Crippen LogP contribution >= 0.6 is 11.8 Å². The third-order valence-corrected chi connectivity index (χ3v) is 25.8. The molecule has 3 aromatic carbocycles. The topological polar surface area (TPSA) is 735 Å². The van der Waals surface area contributed by atoms with Gasteiger partial charge in [-0.05, 0) is 99.2 Å². The van der Waals surface area contributed by atoms with Crippen molar-refractivity contribution in [3.63, 3.8) is 0 Å². The Morgan fingerprint density at radius 3 is 1.58 bits per heavy atom. The monoisotopic (exact) mass is 1980 g/mol. The number of carbonyl (C=O) groups excluding carboxylic acids is 16. The van der Waals surface area contributed by atoms with Gasteiger partial charge in [-0.15, -0.1) is 11.8 Å². The van der Waals surface area contributed by atoms with Crippen LogP contribution in [0.25, 0.3) is 21.8 Å². The van der Waals surface area contributed by atoms with Crippen LogP contribution in [0.1, 0.15) is 139 Å². The van der Waals surface area contributed by atoms with Crippen LogP contribution in [0.5, 0.6) is 5.75 Å². The quantitative estimate of drug-likeness (QED) is 0.0122. The van der Waals surface area contributed by atoms with E-state index in [4.69, 9.17) is 28.0 Å². The van der Waals surface area contributed by atoms with Crippen LogP contribution in [0, 0.1) is 10.8 Å². The molecule has 0 unspecified atom stereocenters. The van der Waals surface area contributed by atoms with Gasteiger partial charge < -0.3 is 141 Å². The molecule has 0 saturated carbocycles. The molecular weight excluding hydrogens is 1850 g/mol. The number of hydrogen-bond acceptors (Lipinski definition) is 24. The second-order valence-corrected chi connectivity index (χ2v) is 36.2. The molecule has 16 amide bonds. The number of fused-ring (bicyclic) bond motifs is 4. The number of imidazole rings is 1. The fraction of sp³-hybridized carbons (Fsp3) is 0.511. The summed E-state index contributed by atoms with van der Waals surface area (Å²) in [5, 5.41) is 90.7. The lowest BCUT2D eigenvalue weighted by Crippen LogP contribution is -2.61. The zero-order valence-electron chi connectivity index (χ0n) is 79.2. The summed E-state index contributed by atoms with van der Waals surface area (Å²) in [7, 11) is 3.73. The second-order valence-electron chi connectivity index (χ2n) is 35.2. The molecule has 764 valence electrons. The Kier molecular flexibility index (Phi) is 41.0. The molecule has 3 aliphatic rings. The van der Waals surface area contributed by atoms with Crippen LogP contribution in [-0.2, 0) is 112 Å². The van der Waals surface area contributed by atoms with Crippen molar-refractivity contribution in [1.29, 1.82) is 10.8 Å². The van der Waals surface area contributed by atoms with Gasteiger partial charge in [0.2, 0.25) is 94.5 Å². The van der Waals surface area contributed by atoms with Crippen LogP contribution in [0.3, 0.4) is 0 Å². The number of aromatic hydroxyl groups is 1. The molecule has 3 saturated heterocycles. The first-order valence-electron chi connectivity index (χ1n) is 46.6. The van der Waals surface area contributed by atoms with Gasteiger partial charge in [0.1, 0.15) is 90.3 Å². The lowest BCUT2D eigenvalue weighted by atomic mass is 9.99. The Bertz CT molecular complexity index is 5490. The molecule has 3 fully saturated rings. The predicted molar refractivity (Wildman–Crippen MR) is 513 cm³/mol. The molecule has 6 aromatic rings. The van der Waals surface area contributed by atoms with Crippen LogP contribution in [0.15, 0.2) is 97.7 Å². The number of primary amides is 1. The van der Waals surface area contributed by atoms with Crippen molar-refractivity contribution in [3.05, 3.63) is 120 Å². The number of phenols is 1. The summed E-state index contributed by atoms with van der Waals surface area (Å²) in [5.41, 5.74) is 19.5. The number of carbonyl (C=O) groups is 18. The fourth-order valence-electron chi connectivity index (χ4n) is 17.0. The number of aromatic amines is 3. The van der Waals surface area contributed by atoms with E-state index in [2.05, 4.69) is 83.7 Å². The number of nitrogens with one attached hydrogen (secondary N) is 17. The average molecular weight is 1980 g/mol. The number of aliphatic carboxylic acids is 2. The van der Waals surface area contributed by atoms with Gasteiger partial charge in [-0.25, -0.2) is 4.98 Å². The summed E-state index contributed by atoms with van der Waals surface area (Å²) in [5.74, 6) is -21.9. The number of para-hydroxylation sites is 2. The number of rotatable bonds is 29. The molecule has 0 radical (unpaired) electrons. The van der Waals surface area contributed by atoms with E-state index < -0.39 is 259 Å². The first-order valence-corrected chi connectivity index (χ1v) is 47.7. The maximum Gasteiger partial charge on any atom is 0.305 e. The zero-order valence-corrected chi connectivity index (χ0v) is 80.1. The van der Waals surface area contributed by atoms with Crippen LogP contribution in [0.2, 0.25) is 0 Å². The number of carboxylic acids is 2. The minimum Gasteiger partial charge on any atom is -0.508 e. The number of benzene rings is 3. The van der Waals surface area contributed by atoms with Crippen LogP contribution in [-0.4, -0.2) is 339 Å². The number of thioether (sulfide) groups is 1. The number of nitrogens with two attached hydrogens (primary N) is 3. The van der Waals surface area contributed by atoms with Gasteiger partial charge in [0.15, 0.2) is 11.9 Å². The molecular formula is C92H128N26O22S. The number of aliphatic hydroxyl groups excluding tert-OH is 1. The van der Waals surface area contributed by atoms with Crippen molar-refractivity contribution in [3.8, 4) is 5.75 Å². The molecule has 3 aliphatic heterocycles. The first kappa shape index (κ1) is 110. The van der Waals surface area contributed by atoms with E-state index >= 15 is 38.4 Å². The van der Waals surface area contributed by atoms with Crippen molar-refractivity contribution in [1.82, 2.24) is 108 Å². The maximum absolute atomic E-state index is 16.0. The smallest absolute Gasteiger partial charge is 0.305 e. The SMILES string of the molecule is CCCC[C@H]1C(=O)N(C)[C@@H](CCCC)C(=O)N[C@@H](CC(=O)O)C(=O)N[C@H](C(=O)NCC(N)=O)CSCC(=O)N[C@@H](Cc2ccc(O)cc2)C(=O)N(C)[C@@H](C)C(=O)N[C@@H](CC(=O)O)C(=O)N2CCC[C@H]2C(=O)N[C@@H](Cc2c[nH]cn2)C(=O)N[C@@H](CCCNC(=N)N)C(=O)N2C[C@H](O)C[C@H]2C(=O)N[C@@H](Cc2c[nH]c3ccccc23)C(=O)N[C@@H](CCCNC(=N)N)C(=O)N[C@@H](Cc2c[nH]c3ccccc23)C(=O)N1C. The van der Waals surface area contributed by atoms with E-state index in [1.54, 1.807) is 67.8 Å². The first-order chi connectivity index (χ1) is 67.1. The highest BCUT2D eigenvalue weighted by Crippen LogP contribution is 2.28. The highest BCUT2D eigenvalue weighted by Gasteiger charge is 2.47. The number of likely N-dealkylation sites (N-methyl/N-ethyl adjacent to an activating group) is 3. The second kappa shape index (κ2) is 52.7. The van der Waals surface area contributed by atoms with E-state index in [1.807, 2.05) is 6.92 Å². The molecule has 0 bridgehead atoms. The minimum absolute atomic E-state index is 0.00668. The molecule has 141 heavy (non-hydrogen) atoms. The third kappa shape index (κ3) is 31.5. The Morgan fingerprint density at radius 1 is 0.504 bits per heavy atom. The van der Waals surface area contributed by atoms with Gasteiger partial charge in [0, 0.05) is 126 Å². The number of guanidine groups is 2. The molecule has 27 N–H and O–H groups in total. The Morgan fingerprint density at radius 2 is 1.00 bits per heavy atom. The number of hydrogen-bond donors (Lipinski definition) is 24. The van der Waals surface area contributed by atoms with Gasteiger partial charge >= 0.3 is 11.9 Å². The van der Waals surface area contributed by atoms with Crippen molar-refractivity contribution in [2.24, 2.45) is 17.2 Å². The summed E-state index contributed by atoms with van der Waals surface area (Å²) in [6, 6.07) is -3.91. The summed E-state index contributed by atoms with van der Waals surface area (Å²) in [4.78, 5) is 283. The van der Waals surface area contributed by atoms with Gasteiger partial charge in [-0.2, -0.15) is 0 Å². The zero-order chi connectivity index (χ0) is 103. The number of aliphatic hydroxyl groups is 1. The number of nitrogens with zero attached hydrogens (tertiary/aromatic N) is 6. The molecule has 15 atom stereocenters. The largest absolute Gasteiger partial charge is 0.508 e. The lowest BCUT2D eigenvalue weighted by molar-refractivity contribution is -0.149. The van der Waals surface area contributed by atoms with Crippen molar-refractivity contribution in [2.45, 2.75) is 233 Å². The van der Waals surface area contributed by atoms with E-state index in [-0.39, 0.29) is 115 Å². The summed E-state index contributed by atoms with van der Waals surface area (Å²) < 4.78 is 0. The number of carboxylic acid groups (broad SMARTS) is 2. The number of unbranched alkanes of at least 4 members (excludes halogenated alkanes) is 2. The summed E-state index contributed by atoms with van der Waals surface area (Å²) in [6.45, 7) is 3.15. The fourth-order valence-corrected chi connectivity index (χ4v) is 17.9. The number of amides is 16. The number of phenolic OH excluding ortho intramolecular Hbond substituents is 1. The molecule has 3 aromatic heterocycles. The molecule has 9 rings (SSSR count). The highest BCUT2D eigenvalue weighted by atomic mass is 32.2. The maximum atomic E-state index is 16.0. The van der Waals surface area contributed by atoms with Gasteiger partial charge in [-0.3, -0.25) is 97.1 Å². The predicted octanol–water partition coefficient (Wildman–Crippen LogP) is -3.63. The molecule has 0 aliphatic carbocycles. The van der Waals surface area contributed by atoms with E-state index in [0.29, 0.717) is 63.1 Å². The van der Waals surface area contributed by atoms with E-state index in [9.17, 15) is 68.4 Å². The van der Waals surface area contributed by atoms with Crippen LogP contribution in [0.4, 0.5) is 0 Å². The normalized spacial score (nSPS) is 24.1. The summed E-state index contributed by atoms with van der Waals surface area (Å²) in [6.07, 6.45) is 1.04. The average Bonchev–Trinajstić information content (AvgIpc) is 1.61. The van der Waals surface area contributed by atoms with Gasteiger partial charge in [0.05, 0.1) is 43.3 Å². The summed E-state index contributed by atoms with van der Waals surface area (Å²) >= 11 is 0.664. The van der Waals surface area contributed by atoms with Crippen molar-refractivity contribution >= 4 is 152 Å². The molecule has 0 spiro atoms. The molecule has 6 heterocycles. The standard InChI is InChI=1S/C92H128N26O22S/c1-7-9-24-69-83(133)110-64(39-75(123)124)82(132)113-68(78(128)103-44-73(93)121)46-141-47-74(122)105-65(34-50-27-29-54(119)30-28-50)86(136)114(4)49(3)77(127)111-67(40-76(125)126)89(139)117-33-17-26-70(117)84(134)109-63(37-53-43-98-48-104-53)81(131)107-61(23-16-32-100-92(96)97)88(138)118-45-55(120)38-72(118)85(135)108-62(35-51-41-101-58-20-13-11-18-56(51)58)80(130)106-60(22-15-31-99-91(94)95)79(129)112-66(36-52-42-102-59-21-14-12-19-57(52)59)87(137)116(6)71(25-10-8-2)90(140)115(69)5/h11-14,18-21,27-30,41-43,48-49,55,60-72,101-102,119-120H,7-10,15-17,22-26,31-40,44-47H2,1-6H3,(H2,93,121)(H,98,104)(H,103,128)(H,105,122)(H,106,130)(H,107,131)(H,108,135)(H,109,134)(H,110,133)(H,111,127)(H,112,129)(H,113,132)(H,123,124)(H,125,126)(H4,94,95,99)(H4,96,97,100)/t49-,55+,60-,61-,62-,63-,64-,65-,66-,67-,68-,69-,70-,71-,72-/m0/s1.